The SMILES string of the molecule is CCOC(=O)N1CCC(N(C)CCn2cnc3ccccc32)C1. The minimum Gasteiger partial charge on any atom is -0.450 e. The van der Waals surface area contributed by atoms with E-state index in [1.165, 1.54) is 5.52 Å². The number of likely N-dealkylation sites (tertiary alicyclic amines) is 1. The lowest BCUT2D eigenvalue weighted by Gasteiger charge is -2.24. The highest BCUT2D eigenvalue weighted by Crippen LogP contribution is 2.16. The molecule has 1 aliphatic rings. The largest absolute Gasteiger partial charge is 0.450 e. The second kappa shape index (κ2) is 7.00. The highest BCUT2D eigenvalue weighted by molar-refractivity contribution is 5.74. The summed E-state index contributed by atoms with van der Waals surface area (Å²) in [5.74, 6) is 0. The van der Waals surface area contributed by atoms with Gasteiger partial charge in [-0.25, -0.2) is 9.78 Å². The molecule has 2 aromatic rings. The number of carbonyl (C=O) groups excluding carboxylic acids is 1. The Balaban J connectivity index is 1.54. The molecule has 23 heavy (non-hydrogen) atoms. The zero-order valence-corrected chi connectivity index (χ0v) is 13.8. The number of rotatable bonds is 5. The fourth-order valence-corrected chi connectivity index (χ4v) is 3.12. The maximum Gasteiger partial charge on any atom is 0.409 e. The molecule has 6 heteroatoms. The van der Waals surface area contributed by atoms with Crippen LogP contribution in [0.5, 0.6) is 0 Å². The van der Waals surface area contributed by atoms with Gasteiger partial charge in [-0.3, -0.25) is 4.90 Å². The van der Waals surface area contributed by atoms with E-state index in [2.05, 4.69) is 27.6 Å². The first-order valence-electron chi connectivity index (χ1n) is 8.21. The second-order valence-corrected chi connectivity index (χ2v) is 5.99. The van der Waals surface area contributed by atoms with Crippen LogP contribution in [0.4, 0.5) is 4.79 Å². The number of imidazole rings is 1. The first-order chi connectivity index (χ1) is 11.2. The topological polar surface area (TPSA) is 50.6 Å². The average molecular weight is 316 g/mol. The summed E-state index contributed by atoms with van der Waals surface area (Å²) in [4.78, 5) is 20.3. The van der Waals surface area contributed by atoms with Gasteiger partial charge in [-0.2, -0.15) is 0 Å². The lowest BCUT2D eigenvalue weighted by atomic mass is 10.2. The van der Waals surface area contributed by atoms with E-state index >= 15 is 0 Å². The third-order valence-corrected chi connectivity index (χ3v) is 4.53. The molecule has 0 bridgehead atoms. The van der Waals surface area contributed by atoms with Gasteiger partial charge in [0.2, 0.25) is 0 Å². The molecular weight excluding hydrogens is 292 g/mol. The predicted molar refractivity (Wildman–Crippen MR) is 89.4 cm³/mol. The normalized spacial score (nSPS) is 18.0. The first kappa shape index (κ1) is 15.8. The van der Waals surface area contributed by atoms with Crippen molar-refractivity contribution < 1.29 is 9.53 Å². The van der Waals surface area contributed by atoms with Crippen molar-refractivity contribution in [1.29, 1.82) is 0 Å². The first-order valence-corrected chi connectivity index (χ1v) is 8.21. The van der Waals surface area contributed by atoms with E-state index in [1.54, 1.807) is 4.90 Å². The van der Waals surface area contributed by atoms with Gasteiger partial charge in [-0.15, -0.1) is 0 Å². The number of hydrogen-bond acceptors (Lipinski definition) is 4. The molecule has 0 N–H and O–H groups in total. The van der Waals surface area contributed by atoms with Crippen LogP contribution in [-0.4, -0.2) is 64.8 Å². The quantitative estimate of drug-likeness (QED) is 0.848. The van der Waals surface area contributed by atoms with Crippen molar-refractivity contribution in [1.82, 2.24) is 19.4 Å². The average Bonchev–Trinajstić information content (AvgIpc) is 3.20. The van der Waals surface area contributed by atoms with Crippen LogP contribution >= 0.6 is 0 Å². The Morgan fingerprint density at radius 2 is 2.26 bits per heavy atom. The minimum absolute atomic E-state index is 0.191. The zero-order chi connectivity index (χ0) is 16.2. The van der Waals surface area contributed by atoms with Crippen molar-refractivity contribution >= 4 is 17.1 Å². The summed E-state index contributed by atoms with van der Waals surface area (Å²) in [6.07, 6.45) is 2.71. The summed E-state index contributed by atoms with van der Waals surface area (Å²) >= 11 is 0. The third-order valence-electron chi connectivity index (χ3n) is 4.53. The molecular formula is C17H24N4O2. The number of likely N-dealkylation sites (N-methyl/N-ethyl adjacent to an activating group) is 1. The lowest BCUT2D eigenvalue weighted by molar-refractivity contribution is 0.112. The van der Waals surface area contributed by atoms with Gasteiger partial charge >= 0.3 is 6.09 Å². The van der Waals surface area contributed by atoms with Gasteiger partial charge in [-0.1, -0.05) is 12.1 Å². The molecule has 0 spiro atoms. The van der Waals surface area contributed by atoms with Crippen LogP contribution < -0.4 is 0 Å². The predicted octanol–water partition coefficient (Wildman–Crippen LogP) is 2.20. The van der Waals surface area contributed by atoms with Crippen molar-refractivity contribution in [2.75, 3.05) is 33.3 Å². The number of hydrogen-bond donors (Lipinski definition) is 0. The molecule has 6 nitrogen and oxygen atoms in total. The Bertz CT molecular complexity index is 669. The van der Waals surface area contributed by atoms with Crippen LogP contribution in [0, 0.1) is 0 Å². The van der Waals surface area contributed by atoms with E-state index in [0.717, 1.165) is 38.1 Å². The minimum atomic E-state index is -0.191. The van der Waals surface area contributed by atoms with E-state index in [1.807, 2.05) is 31.5 Å². The number of benzene rings is 1. The number of amides is 1. The molecule has 3 rings (SSSR count). The Morgan fingerprint density at radius 1 is 1.43 bits per heavy atom. The monoisotopic (exact) mass is 316 g/mol. The van der Waals surface area contributed by atoms with Crippen LogP contribution in [0.15, 0.2) is 30.6 Å². The lowest BCUT2D eigenvalue weighted by Crippen LogP contribution is -2.38. The number of fused-ring (bicyclic) bond motifs is 1. The highest BCUT2D eigenvalue weighted by Gasteiger charge is 2.29. The molecule has 1 atom stereocenters. The number of para-hydroxylation sites is 2. The van der Waals surface area contributed by atoms with Crippen LogP contribution in [0.3, 0.4) is 0 Å². The number of nitrogens with zero attached hydrogens (tertiary/aromatic N) is 4. The van der Waals surface area contributed by atoms with Crippen molar-refractivity contribution in [3.63, 3.8) is 0 Å². The molecule has 1 aromatic heterocycles. The van der Waals surface area contributed by atoms with Crippen molar-refractivity contribution in [3.05, 3.63) is 30.6 Å². The maximum absolute atomic E-state index is 11.8. The Labute approximate surface area is 136 Å². The zero-order valence-electron chi connectivity index (χ0n) is 13.8. The Hall–Kier alpha value is -2.08. The van der Waals surface area contributed by atoms with Gasteiger partial charge in [0, 0.05) is 32.2 Å². The molecule has 0 radical (unpaired) electrons. The summed E-state index contributed by atoms with van der Waals surface area (Å²) in [7, 11) is 2.12. The van der Waals surface area contributed by atoms with Crippen LogP contribution in [0.1, 0.15) is 13.3 Å². The summed E-state index contributed by atoms with van der Waals surface area (Å²) in [6, 6.07) is 8.57. The molecule has 1 amide bonds. The van der Waals surface area contributed by atoms with Gasteiger partial charge in [0.05, 0.1) is 24.0 Å². The molecule has 1 unspecified atom stereocenters. The highest BCUT2D eigenvalue weighted by atomic mass is 16.6. The van der Waals surface area contributed by atoms with Gasteiger partial charge in [0.1, 0.15) is 0 Å². The smallest absolute Gasteiger partial charge is 0.409 e. The third kappa shape index (κ3) is 3.47. The molecule has 1 saturated heterocycles. The van der Waals surface area contributed by atoms with Crippen LogP contribution in [0.2, 0.25) is 0 Å². The van der Waals surface area contributed by atoms with Gasteiger partial charge < -0.3 is 14.2 Å². The fourth-order valence-electron chi connectivity index (χ4n) is 3.12. The van der Waals surface area contributed by atoms with Crippen LogP contribution in [0.25, 0.3) is 11.0 Å². The van der Waals surface area contributed by atoms with Gasteiger partial charge in [0.15, 0.2) is 0 Å². The van der Waals surface area contributed by atoms with E-state index in [-0.39, 0.29) is 6.09 Å². The van der Waals surface area contributed by atoms with Crippen molar-refractivity contribution in [3.8, 4) is 0 Å². The molecule has 1 aliphatic heterocycles. The van der Waals surface area contributed by atoms with Crippen molar-refractivity contribution in [2.24, 2.45) is 0 Å². The molecule has 0 saturated carbocycles. The Kier molecular flexibility index (Phi) is 4.81. The van der Waals surface area contributed by atoms with E-state index in [4.69, 9.17) is 4.74 Å². The van der Waals surface area contributed by atoms with Gasteiger partial charge in [0.25, 0.3) is 0 Å². The second-order valence-electron chi connectivity index (χ2n) is 5.99. The van der Waals surface area contributed by atoms with E-state index < -0.39 is 0 Å². The van der Waals surface area contributed by atoms with Crippen LogP contribution in [-0.2, 0) is 11.3 Å². The summed E-state index contributed by atoms with van der Waals surface area (Å²) in [5, 5.41) is 0. The standard InChI is InChI=1S/C17H24N4O2/c1-3-23-17(22)20-9-8-14(12-20)19(2)10-11-21-13-18-15-6-4-5-7-16(15)21/h4-7,13-14H,3,8-12H2,1-2H3. The summed E-state index contributed by atoms with van der Waals surface area (Å²) in [6.45, 7) is 5.63. The number of carbonyl (C=O) groups is 1. The number of ether oxygens (including phenoxy) is 1. The van der Waals surface area contributed by atoms with Gasteiger partial charge in [-0.05, 0) is 32.5 Å². The Morgan fingerprint density at radius 3 is 3.09 bits per heavy atom. The van der Waals surface area contributed by atoms with E-state index in [0.29, 0.717) is 12.6 Å². The molecule has 124 valence electrons. The fraction of sp³-hybridized carbons (Fsp3) is 0.529. The van der Waals surface area contributed by atoms with E-state index in [9.17, 15) is 4.79 Å². The molecule has 0 aliphatic carbocycles. The molecule has 1 aromatic carbocycles. The molecule has 1 fully saturated rings. The summed E-state index contributed by atoms with van der Waals surface area (Å²) < 4.78 is 7.26. The number of aromatic nitrogens is 2. The maximum atomic E-state index is 11.8. The van der Waals surface area contributed by atoms with Crippen molar-refractivity contribution in [2.45, 2.75) is 25.9 Å². The molecule has 2 heterocycles. The summed E-state index contributed by atoms with van der Waals surface area (Å²) in [5.41, 5.74) is 2.20.